The van der Waals surface area contributed by atoms with E-state index in [1.165, 1.54) is 0 Å². The summed E-state index contributed by atoms with van der Waals surface area (Å²) in [6.45, 7) is 10.2. The van der Waals surface area contributed by atoms with E-state index in [1.54, 1.807) is 10.9 Å². The zero-order valence-electron chi connectivity index (χ0n) is 13.5. The summed E-state index contributed by atoms with van der Waals surface area (Å²) in [4.78, 5) is 14.4. The van der Waals surface area contributed by atoms with Gasteiger partial charge in [-0.15, -0.1) is 5.10 Å². The molecule has 22 heavy (non-hydrogen) atoms. The molecule has 0 saturated carbocycles. The molecule has 0 spiro atoms. The average molecular weight is 308 g/mol. The number of ether oxygens (including phenoxy) is 2. The Labute approximate surface area is 130 Å². The fraction of sp³-hybridized carbons (Fsp3) is 0.800. The summed E-state index contributed by atoms with van der Waals surface area (Å²) in [5.41, 5.74) is 0.248. The second kappa shape index (κ2) is 5.62. The van der Waals surface area contributed by atoms with Crippen LogP contribution < -0.4 is 0 Å². The third-order valence-electron chi connectivity index (χ3n) is 4.57. The number of carbonyl (C=O) groups is 1. The molecule has 0 aliphatic carbocycles. The maximum atomic E-state index is 12.6. The third-order valence-corrected chi connectivity index (χ3v) is 4.57. The lowest BCUT2D eigenvalue weighted by molar-refractivity contribution is -0.111. The van der Waals surface area contributed by atoms with Crippen molar-refractivity contribution in [2.45, 2.75) is 39.3 Å². The molecule has 7 heteroatoms. The average Bonchev–Trinajstić information content (AvgIpc) is 2.93. The first-order valence-corrected chi connectivity index (χ1v) is 7.84. The Balaban J connectivity index is 1.66. The number of morpholine rings is 1. The maximum Gasteiger partial charge on any atom is 0.276 e. The van der Waals surface area contributed by atoms with Gasteiger partial charge in [0.15, 0.2) is 5.69 Å². The van der Waals surface area contributed by atoms with Gasteiger partial charge in [-0.1, -0.05) is 19.1 Å². The molecular formula is C15H24N4O3. The second-order valence-corrected chi connectivity index (χ2v) is 6.98. The van der Waals surface area contributed by atoms with Gasteiger partial charge in [0.25, 0.3) is 5.91 Å². The Morgan fingerprint density at radius 3 is 2.82 bits per heavy atom. The number of rotatable bonds is 4. The first-order valence-electron chi connectivity index (χ1n) is 7.84. The molecule has 3 heterocycles. The molecule has 0 aromatic carbocycles. The smallest absolute Gasteiger partial charge is 0.276 e. The van der Waals surface area contributed by atoms with Gasteiger partial charge < -0.3 is 14.4 Å². The number of amides is 1. The molecule has 1 aromatic heterocycles. The molecule has 0 radical (unpaired) electrons. The lowest BCUT2D eigenvalue weighted by Crippen LogP contribution is -2.51. The summed E-state index contributed by atoms with van der Waals surface area (Å²) in [6, 6.07) is 0. The van der Waals surface area contributed by atoms with E-state index in [0.717, 1.165) is 26.2 Å². The summed E-state index contributed by atoms with van der Waals surface area (Å²) in [7, 11) is 0. The number of hydrogen-bond donors (Lipinski definition) is 0. The zero-order chi connectivity index (χ0) is 15.8. The van der Waals surface area contributed by atoms with Gasteiger partial charge in [-0.2, -0.15) is 0 Å². The number of aromatic nitrogens is 3. The molecule has 1 amide bonds. The number of carbonyl (C=O) groups excluding carboxylic acids is 1. The minimum absolute atomic E-state index is 0.0655. The standard InChI is InChI=1S/C15H24N4O3/c1-4-15(3)9-18(5-6-22-15)13(20)12-7-19(17-16-12)8-14(2)10-21-11-14/h7H,4-6,8-11H2,1-3H3. The zero-order valence-corrected chi connectivity index (χ0v) is 13.5. The van der Waals surface area contributed by atoms with Crippen LogP contribution in [0.15, 0.2) is 6.20 Å². The van der Waals surface area contributed by atoms with Crippen LogP contribution in [0.2, 0.25) is 0 Å². The van der Waals surface area contributed by atoms with Gasteiger partial charge in [0.1, 0.15) is 0 Å². The molecule has 1 aromatic rings. The maximum absolute atomic E-state index is 12.6. The Bertz CT molecular complexity index is 555. The van der Waals surface area contributed by atoms with E-state index in [-0.39, 0.29) is 16.9 Å². The van der Waals surface area contributed by atoms with Gasteiger partial charge >= 0.3 is 0 Å². The highest BCUT2D eigenvalue weighted by Gasteiger charge is 2.36. The van der Waals surface area contributed by atoms with Gasteiger partial charge in [-0.25, -0.2) is 0 Å². The van der Waals surface area contributed by atoms with Crippen molar-refractivity contribution < 1.29 is 14.3 Å². The highest BCUT2D eigenvalue weighted by molar-refractivity contribution is 5.92. The molecule has 0 bridgehead atoms. The van der Waals surface area contributed by atoms with Crippen LogP contribution in [-0.2, 0) is 16.0 Å². The largest absolute Gasteiger partial charge is 0.380 e. The first-order chi connectivity index (χ1) is 10.4. The van der Waals surface area contributed by atoms with Crippen LogP contribution in [0.5, 0.6) is 0 Å². The van der Waals surface area contributed by atoms with E-state index in [1.807, 2.05) is 11.8 Å². The van der Waals surface area contributed by atoms with E-state index in [2.05, 4.69) is 24.2 Å². The van der Waals surface area contributed by atoms with Crippen molar-refractivity contribution in [1.82, 2.24) is 19.9 Å². The highest BCUT2D eigenvalue weighted by atomic mass is 16.5. The SMILES string of the molecule is CCC1(C)CN(C(=O)c2cn(CC3(C)COC3)nn2)CCO1. The fourth-order valence-electron chi connectivity index (χ4n) is 2.89. The van der Waals surface area contributed by atoms with Crippen LogP contribution in [0.1, 0.15) is 37.7 Å². The lowest BCUT2D eigenvalue weighted by Gasteiger charge is -2.39. The van der Waals surface area contributed by atoms with E-state index in [4.69, 9.17) is 9.47 Å². The third kappa shape index (κ3) is 3.01. The van der Waals surface area contributed by atoms with Gasteiger partial charge in [0.05, 0.1) is 38.2 Å². The molecule has 7 nitrogen and oxygen atoms in total. The predicted molar refractivity (Wildman–Crippen MR) is 79.5 cm³/mol. The summed E-state index contributed by atoms with van der Waals surface area (Å²) in [5.74, 6) is -0.0655. The topological polar surface area (TPSA) is 69.5 Å². The van der Waals surface area contributed by atoms with E-state index in [0.29, 0.717) is 25.4 Å². The van der Waals surface area contributed by atoms with Crippen molar-refractivity contribution in [1.29, 1.82) is 0 Å². The van der Waals surface area contributed by atoms with Crippen molar-refractivity contribution in [3.8, 4) is 0 Å². The summed E-state index contributed by atoms with van der Waals surface area (Å²) in [6.07, 6.45) is 2.62. The quantitative estimate of drug-likeness (QED) is 0.828. The lowest BCUT2D eigenvalue weighted by atomic mass is 9.89. The van der Waals surface area contributed by atoms with Crippen LogP contribution in [0.25, 0.3) is 0 Å². The monoisotopic (exact) mass is 308 g/mol. The molecule has 2 fully saturated rings. The normalized spacial score (nSPS) is 27.5. The molecule has 3 rings (SSSR count). The van der Waals surface area contributed by atoms with E-state index in [9.17, 15) is 4.79 Å². The van der Waals surface area contributed by atoms with E-state index < -0.39 is 0 Å². The Morgan fingerprint density at radius 2 is 2.18 bits per heavy atom. The van der Waals surface area contributed by atoms with E-state index >= 15 is 0 Å². The summed E-state index contributed by atoms with van der Waals surface area (Å²) >= 11 is 0. The van der Waals surface area contributed by atoms with Crippen LogP contribution in [0, 0.1) is 5.41 Å². The van der Waals surface area contributed by atoms with Gasteiger partial charge in [-0.3, -0.25) is 9.48 Å². The molecule has 0 N–H and O–H groups in total. The Morgan fingerprint density at radius 1 is 1.41 bits per heavy atom. The van der Waals surface area contributed by atoms with Crippen molar-refractivity contribution >= 4 is 5.91 Å². The minimum Gasteiger partial charge on any atom is -0.380 e. The van der Waals surface area contributed by atoms with Gasteiger partial charge in [0, 0.05) is 18.5 Å². The molecular weight excluding hydrogens is 284 g/mol. The fourth-order valence-corrected chi connectivity index (χ4v) is 2.89. The minimum atomic E-state index is -0.263. The summed E-state index contributed by atoms with van der Waals surface area (Å²) in [5, 5.41) is 8.14. The molecule has 1 atom stereocenters. The van der Waals surface area contributed by atoms with Gasteiger partial charge in [0.2, 0.25) is 0 Å². The van der Waals surface area contributed by atoms with Crippen molar-refractivity contribution in [3.05, 3.63) is 11.9 Å². The number of hydrogen-bond acceptors (Lipinski definition) is 5. The van der Waals surface area contributed by atoms with Crippen LogP contribution in [0.3, 0.4) is 0 Å². The van der Waals surface area contributed by atoms with Crippen molar-refractivity contribution in [2.24, 2.45) is 5.41 Å². The number of nitrogens with zero attached hydrogens (tertiary/aromatic N) is 4. The molecule has 2 aliphatic rings. The summed E-state index contributed by atoms with van der Waals surface area (Å²) < 4.78 is 12.8. The van der Waals surface area contributed by atoms with Crippen LogP contribution in [0.4, 0.5) is 0 Å². The first kappa shape index (κ1) is 15.4. The Kier molecular flexibility index (Phi) is 3.94. The molecule has 1 unspecified atom stereocenters. The van der Waals surface area contributed by atoms with Crippen LogP contribution >= 0.6 is 0 Å². The highest BCUT2D eigenvalue weighted by Crippen LogP contribution is 2.28. The molecule has 2 saturated heterocycles. The predicted octanol–water partition coefficient (Wildman–Crippen LogP) is 0.956. The van der Waals surface area contributed by atoms with Crippen LogP contribution in [-0.4, -0.2) is 64.3 Å². The van der Waals surface area contributed by atoms with Crippen molar-refractivity contribution in [3.63, 3.8) is 0 Å². The molecule has 122 valence electrons. The second-order valence-electron chi connectivity index (χ2n) is 6.98. The van der Waals surface area contributed by atoms with Gasteiger partial charge in [-0.05, 0) is 13.3 Å². The Hall–Kier alpha value is -1.47. The van der Waals surface area contributed by atoms with Crippen molar-refractivity contribution in [2.75, 3.05) is 32.9 Å². The molecule has 2 aliphatic heterocycles.